The van der Waals surface area contributed by atoms with Gasteiger partial charge in [0, 0.05) is 15.8 Å². The van der Waals surface area contributed by atoms with E-state index in [9.17, 15) is 0 Å². The van der Waals surface area contributed by atoms with E-state index in [0.717, 1.165) is 11.8 Å². The summed E-state index contributed by atoms with van der Waals surface area (Å²) in [6, 6.07) is 5.12. The first kappa shape index (κ1) is 14.1. The van der Waals surface area contributed by atoms with Gasteiger partial charge in [0.2, 0.25) is 0 Å². The molecule has 0 saturated heterocycles. The average molecular weight is 265 g/mol. The van der Waals surface area contributed by atoms with Gasteiger partial charge in [-0.15, -0.1) is 11.3 Å². The standard InChI is InChI=1S/C16H27NS/c1-12-5-4-6-15(9-12)11-17-13(2)10-16-8-7-14(3)18-16/h7-8,12-13,15,17H,4-6,9-11H2,1-3H3. The van der Waals surface area contributed by atoms with Gasteiger partial charge >= 0.3 is 0 Å². The van der Waals surface area contributed by atoms with Crippen molar-refractivity contribution in [1.29, 1.82) is 0 Å². The van der Waals surface area contributed by atoms with Gasteiger partial charge in [0.1, 0.15) is 0 Å². The average Bonchev–Trinajstić information content (AvgIpc) is 2.72. The molecule has 1 N–H and O–H groups in total. The predicted octanol–water partition coefficient (Wildman–Crippen LogP) is 4.40. The third-order valence-corrected chi connectivity index (χ3v) is 5.13. The van der Waals surface area contributed by atoms with E-state index in [1.807, 2.05) is 11.3 Å². The number of aryl methyl sites for hydroxylation is 1. The van der Waals surface area contributed by atoms with Crippen LogP contribution in [0, 0.1) is 18.8 Å². The molecule has 0 radical (unpaired) electrons. The second-order valence-electron chi connectivity index (χ2n) is 6.16. The molecule has 1 saturated carbocycles. The van der Waals surface area contributed by atoms with Crippen LogP contribution in [0.25, 0.3) is 0 Å². The lowest BCUT2D eigenvalue weighted by Crippen LogP contribution is -2.34. The lowest BCUT2D eigenvalue weighted by molar-refractivity contribution is 0.268. The number of hydrogen-bond acceptors (Lipinski definition) is 2. The van der Waals surface area contributed by atoms with Crippen molar-refractivity contribution in [2.24, 2.45) is 11.8 Å². The zero-order valence-electron chi connectivity index (χ0n) is 12.0. The Labute approximate surface area is 116 Å². The molecule has 0 aliphatic heterocycles. The topological polar surface area (TPSA) is 12.0 Å². The van der Waals surface area contributed by atoms with Gasteiger partial charge in [-0.05, 0) is 63.6 Å². The van der Waals surface area contributed by atoms with E-state index in [4.69, 9.17) is 0 Å². The van der Waals surface area contributed by atoms with Gasteiger partial charge < -0.3 is 5.32 Å². The number of hydrogen-bond donors (Lipinski definition) is 1. The Morgan fingerprint density at radius 3 is 2.89 bits per heavy atom. The molecule has 1 heterocycles. The fraction of sp³-hybridized carbons (Fsp3) is 0.750. The summed E-state index contributed by atoms with van der Waals surface area (Å²) in [5.74, 6) is 1.86. The molecule has 1 aromatic heterocycles. The molecule has 1 nitrogen and oxygen atoms in total. The van der Waals surface area contributed by atoms with E-state index < -0.39 is 0 Å². The van der Waals surface area contributed by atoms with Crippen LogP contribution in [0.5, 0.6) is 0 Å². The third-order valence-electron chi connectivity index (χ3n) is 4.10. The van der Waals surface area contributed by atoms with Crippen LogP contribution in [0.2, 0.25) is 0 Å². The maximum Gasteiger partial charge on any atom is 0.00871 e. The fourth-order valence-corrected chi connectivity index (χ4v) is 4.10. The first-order chi connectivity index (χ1) is 8.63. The zero-order valence-corrected chi connectivity index (χ0v) is 12.9. The van der Waals surface area contributed by atoms with Crippen LogP contribution in [0.4, 0.5) is 0 Å². The van der Waals surface area contributed by atoms with Crippen molar-refractivity contribution in [1.82, 2.24) is 5.32 Å². The quantitative estimate of drug-likeness (QED) is 0.832. The molecule has 1 aliphatic carbocycles. The Hall–Kier alpha value is -0.340. The Morgan fingerprint density at radius 2 is 2.22 bits per heavy atom. The molecule has 0 bridgehead atoms. The first-order valence-corrected chi connectivity index (χ1v) is 8.24. The molecule has 102 valence electrons. The van der Waals surface area contributed by atoms with Gasteiger partial charge in [0.15, 0.2) is 0 Å². The minimum atomic E-state index is 0.611. The molecule has 3 atom stereocenters. The van der Waals surface area contributed by atoms with E-state index in [2.05, 4.69) is 38.2 Å². The van der Waals surface area contributed by atoms with Gasteiger partial charge in [-0.3, -0.25) is 0 Å². The Kier molecular flexibility index (Phi) is 5.25. The maximum absolute atomic E-state index is 3.74. The molecule has 3 unspecified atom stereocenters. The van der Waals surface area contributed by atoms with Crippen molar-refractivity contribution < 1.29 is 0 Å². The minimum Gasteiger partial charge on any atom is -0.314 e. The Bertz CT molecular complexity index is 358. The van der Waals surface area contributed by atoms with Crippen molar-refractivity contribution in [3.8, 4) is 0 Å². The summed E-state index contributed by atoms with van der Waals surface area (Å²) in [5, 5.41) is 3.74. The summed E-state index contributed by atoms with van der Waals surface area (Å²) in [7, 11) is 0. The van der Waals surface area contributed by atoms with Crippen LogP contribution in [-0.2, 0) is 6.42 Å². The molecule has 0 amide bonds. The summed E-state index contributed by atoms with van der Waals surface area (Å²) < 4.78 is 0. The highest BCUT2D eigenvalue weighted by atomic mass is 32.1. The summed E-state index contributed by atoms with van der Waals surface area (Å²) in [6.45, 7) is 8.14. The zero-order chi connectivity index (χ0) is 13.0. The summed E-state index contributed by atoms with van der Waals surface area (Å²) in [6.07, 6.45) is 6.92. The van der Waals surface area contributed by atoms with Crippen molar-refractivity contribution >= 4 is 11.3 Å². The lowest BCUT2D eigenvalue weighted by Gasteiger charge is -2.28. The SMILES string of the molecule is Cc1ccc(CC(C)NCC2CCCC(C)C2)s1. The second kappa shape index (κ2) is 6.72. The third kappa shape index (κ3) is 4.40. The summed E-state index contributed by atoms with van der Waals surface area (Å²) >= 11 is 1.94. The first-order valence-electron chi connectivity index (χ1n) is 7.42. The Balaban J connectivity index is 1.69. The van der Waals surface area contributed by atoms with E-state index >= 15 is 0 Å². The predicted molar refractivity (Wildman–Crippen MR) is 81.3 cm³/mol. The monoisotopic (exact) mass is 265 g/mol. The van der Waals surface area contributed by atoms with E-state index in [-0.39, 0.29) is 0 Å². The molecule has 2 heteroatoms. The highest BCUT2D eigenvalue weighted by Crippen LogP contribution is 2.28. The lowest BCUT2D eigenvalue weighted by atomic mass is 9.82. The van der Waals surface area contributed by atoms with Gasteiger partial charge in [0.25, 0.3) is 0 Å². The van der Waals surface area contributed by atoms with Crippen LogP contribution in [0.15, 0.2) is 12.1 Å². The highest BCUT2D eigenvalue weighted by Gasteiger charge is 2.19. The second-order valence-corrected chi connectivity index (χ2v) is 7.54. The van der Waals surface area contributed by atoms with Gasteiger partial charge in [0.05, 0.1) is 0 Å². The van der Waals surface area contributed by atoms with Crippen LogP contribution in [0.1, 0.15) is 49.3 Å². The van der Waals surface area contributed by atoms with Crippen LogP contribution in [0.3, 0.4) is 0 Å². The number of nitrogens with one attached hydrogen (secondary N) is 1. The van der Waals surface area contributed by atoms with Gasteiger partial charge in [-0.25, -0.2) is 0 Å². The molecule has 2 rings (SSSR count). The van der Waals surface area contributed by atoms with Crippen LogP contribution >= 0.6 is 11.3 Å². The largest absolute Gasteiger partial charge is 0.314 e. The van der Waals surface area contributed by atoms with Crippen LogP contribution in [-0.4, -0.2) is 12.6 Å². The molecule has 0 aromatic carbocycles. The van der Waals surface area contributed by atoms with Gasteiger partial charge in [-0.1, -0.05) is 19.8 Å². The van der Waals surface area contributed by atoms with Crippen molar-refractivity contribution in [2.75, 3.05) is 6.54 Å². The molecular formula is C16H27NS. The fourth-order valence-electron chi connectivity index (χ4n) is 3.08. The molecule has 0 spiro atoms. The maximum atomic E-state index is 3.74. The highest BCUT2D eigenvalue weighted by molar-refractivity contribution is 7.11. The van der Waals surface area contributed by atoms with E-state index in [1.165, 1.54) is 48.4 Å². The summed E-state index contributed by atoms with van der Waals surface area (Å²) in [5.41, 5.74) is 0. The summed E-state index contributed by atoms with van der Waals surface area (Å²) in [4.78, 5) is 2.95. The normalized spacial score (nSPS) is 26.2. The smallest absolute Gasteiger partial charge is 0.00871 e. The van der Waals surface area contributed by atoms with Crippen LogP contribution < -0.4 is 5.32 Å². The van der Waals surface area contributed by atoms with E-state index in [0.29, 0.717) is 6.04 Å². The number of thiophene rings is 1. The van der Waals surface area contributed by atoms with Crippen molar-refractivity contribution in [3.63, 3.8) is 0 Å². The molecule has 1 aromatic rings. The van der Waals surface area contributed by atoms with E-state index in [1.54, 1.807) is 0 Å². The number of rotatable bonds is 5. The van der Waals surface area contributed by atoms with Gasteiger partial charge in [-0.2, -0.15) is 0 Å². The molecule has 1 aliphatic rings. The molecule has 18 heavy (non-hydrogen) atoms. The Morgan fingerprint density at radius 1 is 1.39 bits per heavy atom. The minimum absolute atomic E-state index is 0.611. The van der Waals surface area contributed by atoms with Crippen molar-refractivity contribution in [2.45, 2.75) is 58.9 Å². The molecular weight excluding hydrogens is 238 g/mol. The van der Waals surface area contributed by atoms with Crippen molar-refractivity contribution in [3.05, 3.63) is 21.9 Å². The molecule has 1 fully saturated rings.